The van der Waals surface area contributed by atoms with E-state index >= 15 is 0 Å². The Balaban J connectivity index is 2.51. The van der Waals surface area contributed by atoms with Crippen molar-refractivity contribution in [1.82, 2.24) is 14.5 Å². The lowest BCUT2D eigenvalue weighted by molar-refractivity contribution is -0.396. The van der Waals surface area contributed by atoms with E-state index in [-0.39, 0.29) is 5.95 Å². The highest BCUT2D eigenvalue weighted by Gasteiger charge is 2.15. The Morgan fingerprint density at radius 1 is 1.71 bits per heavy atom. The van der Waals surface area contributed by atoms with Gasteiger partial charge in [0, 0.05) is 6.54 Å². The summed E-state index contributed by atoms with van der Waals surface area (Å²) in [6, 6.07) is 0. The number of rotatable bonds is 6. The summed E-state index contributed by atoms with van der Waals surface area (Å²) in [5.74, 6) is -0.222. The molecule has 1 aromatic heterocycles. The summed E-state index contributed by atoms with van der Waals surface area (Å²) in [4.78, 5) is 20.6. The van der Waals surface area contributed by atoms with Gasteiger partial charge in [0.1, 0.15) is 19.0 Å². The molecule has 1 rings (SSSR count). The Morgan fingerprint density at radius 3 is 2.94 bits per heavy atom. The maximum absolute atomic E-state index is 10.5. The van der Waals surface area contributed by atoms with Gasteiger partial charge in [-0.2, -0.15) is 0 Å². The maximum Gasteiger partial charge on any atom is 0.434 e. The second-order valence-corrected chi connectivity index (χ2v) is 3.67. The minimum absolute atomic E-state index is 0.222. The molecule has 1 heterocycles. The fraction of sp³-hybridized carbons (Fsp3) is 0.556. The average molecular weight is 241 g/mol. The molecule has 0 atom stereocenters. The molecule has 8 nitrogen and oxygen atoms in total. The molecule has 0 spiro atoms. The summed E-state index contributed by atoms with van der Waals surface area (Å²) >= 11 is 0. The van der Waals surface area contributed by atoms with Gasteiger partial charge in [0.15, 0.2) is 5.69 Å². The van der Waals surface area contributed by atoms with Gasteiger partial charge in [0.2, 0.25) is 0 Å². The molecule has 0 N–H and O–H groups in total. The summed E-state index contributed by atoms with van der Waals surface area (Å²) < 4.78 is 1.33. The molecular weight excluding hydrogens is 226 g/mol. The SMILES string of the molecule is CN(C)CCON=Cc1cnc([N+](=O)[O-])n1C. The second-order valence-electron chi connectivity index (χ2n) is 3.67. The molecule has 94 valence electrons. The molecule has 0 aliphatic heterocycles. The highest BCUT2D eigenvalue weighted by atomic mass is 16.6. The van der Waals surface area contributed by atoms with Gasteiger partial charge in [-0.1, -0.05) is 10.1 Å². The van der Waals surface area contributed by atoms with Crippen LogP contribution in [-0.2, 0) is 11.9 Å². The lowest BCUT2D eigenvalue weighted by Crippen LogP contribution is -2.16. The van der Waals surface area contributed by atoms with Gasteiger partial charge in [0.25, 0.3) is 0 Å². The molecule has 1 aromatic rings. The molecule has 0 saturated carbocycles. The van der Waals surface area contributed by atoms with Crippen molar-refractivity contribution in [2.24, 2.45) is 12.2 Å². The van der Waals surface area contributed by atoms with E-state index in [0.29, 0.717) is 12.3 Å². The van der Waals surface area contributed by atoms with Crippen molar-refractivity contribution >= 4 is 12.2 Å². The number of likely N-dealkylation sites (N-methyl/N-ethyl adjacent to an activating group) is 1. The molecule has 17 heavy (non-hydrogen) atoms. The molecule has 8 heteroatoms. The topological polar surface area (TPSA) is 85.8 Å². The largest absolute Gasteiger partial charge is 0.434 e. The fourth-order valence-electron chi connectivity index (χ4n) is 1.07. The van der Waals surface area contributed by atoms with Crippen LogP contribution in [0.15, 0.2) is 11.4 Å². The van der Waals surface area contributed by atoms with Crippen molar-refractivity contribution in [3.63, 3.8) is 0 Å². The Hall–Kier alpha value is -1.96. The zero-order chi connectivity index (χ0) is 12.8. The number of imidazole rings is 1. The maximum atomic E-state index is 10.5. The van der Waals surface area contributed by atoms with E-state index in [4.69, 9.17) is 4.84 Å². The lowest BCUT2D eigenvalue weighted by Gasteiger charge is -2.06. The third-order valence-electron chi connectivity index (χ3n) is 2.05. The Bertz CT molecular complexity index is 413. The number of nitro groups is 1. The molecule has 0 amide bonds. The van der Waals surface area contributed by atoms with Crippen molar-refractivity contribution < 1.29 is 9.76 Å². The van der Waals surface area contributed by atoms with E-state index in [1.807, 2.05) is 19.0 Å². The van der Waals surface area contributed by atoms with Crippen molar-refractivity contribution in [1.29, 1.82) is 0 Å². The van der Waals surface area contributed by atoms with E-state index in [0.717, 1.165) is 6.54 Å². The van der Waals surface area contributed by atoms with Crippen LogP contribution in [0.1, 0.15) is 5.69 Å². The Morgan fingerprint density at radius 2 is 2.41 bits per heavy atom. The molecule has 0 unspecified atom stereocenters. The van der Waals surface area contributed by atoms with E-state index in [2.05, 4.69) is 10.1 Å². The van der Waals surface area contributed by atoms with Crippen LogP contribution in [0, 0.1) is 10.1 Å². The molecule has 0 saturated heterocycles. The van der Waals surface area contributed by atoms with Crippen molar-refractivity contribution in [3.8, 4) is 0 Å². The minimum Gasteiger partial charge on any atom is -0.394 e. The normalized spacial score (nSPS) is 11.3. The Kier molecular flexibility index (Phi) is 4.58. The van der Waals surface area contributed by atoms with Crippen LogP contribution in [0.2, 0.25) is 0 Å². The van der Waals surface area contributed by atoms with Crippen LogP contribution in [0.3, 0.4) is 0 Å². The van der Waals surface area contributed by atoms with Gasteiger partial charge in [-0.25, -0.2) is 4.57 Å². The molecule has 0 radical (unpaired) electrons. The second kappa shape index (κ2) is 5.94. The monoisotopic (exact) mass is 241 g/mol. The van der Waals surface area contributed by atoms with Gasteiger partial charge in [-0.15, -0.1) is 0 Å². The highest BCUT2D eigenvalue weighted by molar-refractivity contribution is 5.77. The number of hydrogen-bond acceptors (Lipinski definition) is 6. The number of oxime groups is 1. The van der Waals surface area contributed by atoms with Gasteiger partial charge >= 0.3 is 5.95 Å². The Labute approximate surface area is 98.6 Å². The fourth-order valence-corrected chi connectivity index (χ4v) is 1.07. The van der Waals surface area contributed by atoms with Crippen LogP contribution < -0.4 is 0 Å². The summed E-state index contributed by atoms with van der Waals surface area (Å²) in [7, 11) is 5.40. The molecular formula is C9H15N5O3. The van der Waals surface area contributed by atoms with Gasteiger partial charge in [-0.3, -0.25) is 0 Å². The first-order valence-electron chi connectivity index (χ1n) is 4.98. The van der Waals surface area contributed by atoms with Crippen LogP contribution in [0.5, 0.6) is 0 Å². The first-order valence-corrected chi connectivity index (χ1v) is 4.98. The summed E-state index contributed by atoms with van der Waals surface area (Å²) in [6.07, 6.45) is 2.77. The van der Waals surface area contributed by atoms with Crippen molar-refractivity contribution in [2.45, 2.75) is 0 Å². The quantitative estimate of drug-likeness (QED) is 0.308. The van der Waals surface area contributed by atoms with E-state index in [9.17, 15) is 10.1 Å². The smallest absolute Gasteiger partial charge is 0.394 e. The molecule has 0 aliphatic rings. The van der Waals surface area contributed by atoms with Crippen LogP contribution in [-0.4, -0.2) is 52.8 Å². The summed E-state index contributed by atoms with van der Waals surface area (Å²) in [5, 5.41) is 14.2. The van der Waals surface area contributed by atoms with Crippen LogP contribution >= 0.6 is 0 Å². The van der Waals surface area contributed by atoms with Crippen LogP contribution in [0.4, 0.5) is 5.95 Å². The number of aromatic nitrogens is 2. The lowest BCUT2D eigenvalue weighted by atomic mass is 10.5. The number of nitrogens with zero attached hydrogens (tertiary/aromatic N) is 5. The van der Waals surface area contributed by atoms with E-state index < -0.39 is 4.92 Å². The average Bonchev–Trinajstić information content (AvgIpc) is 2.59. The van der Waals surface area contributed by atoms with Gasteiger partial charge < -0.3 is 19.9 Å². The zero-order valence-corrected chi connectivity index (χ0v) is 10.0. The van der Waals surface area contributed by atoms with Crippen molar-refractivity contribution in [2.75, 3.05) is 27.2 Å². The predicted octanol–water partition coefficient (Wildman–Crippen LogP) is 0.240. The predicted molar refractivity (Wildman–Crippen MR) is 62.0 cm³/mol. The van der Waals surface area contributed by atoms with Gasteiger partial charge in [-0.05, 0) is 19.0 Å². The summed E-state index contributed by atoms with van der Waals surface area (Å²) in [6.45, 7) is 1.21. The standard InChI is InChI=1S/C9H15N5O3/c1-12(2)4-5-17-11-7-8-6-10-9(13(8)3)14(15)16/h6-7H,4-5H2,1-3H3. The zero-order valence-electron chi connectivity index (χ0n) is 10.0. The van der Waals surface area contributed by atoms with Crippen LogP contribution in [0.25, 0.3) is 0 Å². The van der Waals surface area contributed by atoms with E-state index in [1.165, 1.54) is 17.0 Å². The highest BCUT2D eigenvalue weighted by Crippen LogP contribution is 2.08. The third kappa shape index (κ3) is 3.83. The van der Waals surface area contributed by atoms with Crippen molar-refractivity contribution in [3.05, 3.63) is 22.0 Å². The molecule has 0 aliphatic carbocycles. The molecule has 0 fully saturated rings. The molecule has 0 bridgehead atoms. The first kappa shape index (κ1) is 13.1. The minimum atomic E-state index is -0.551. The molecule has 0 aromatic carbocycles. The summed E-state index contributed by atoms with van der Waals surface area (Å²) in [5.41, 5.74) is 0.515. The third-order valence-corrected chi connectivity index (χ3v) is 2.05. The number of hydrogen-bond donors (Lipinski definition) is 0. The first-order chi connectivity index (χ1) is 8.02. The van der Waals surface area contributed by atoms with Gasteiger partial charge in [0.05, 0.1) is 7.05 Å². The van der Waals surface area contributed by atoms with E-state index in [1.54, 1.807) is 7.05 Å².